The number of rotatable bonds is 7. The summed E-state index contributed by atoms with van der Waals surface area (Å²) in [5.74, 6) is 1.85. The van der Waals surface area contributed by atoms with Crippen molar-refractivity contribution in [3.05, 3.63) is 77.1 Å². The molecule has 0 atom stereocenters. The average molecular weight is 451 g/mol. The van der Waals surface area contributed by atoms with Gasteiger partial charge >= 0.3 is 6.03 Å². The van der Waals surface area contributed by atoms with Gasteiger partial charge in [-0.05, 0) is 42.3 Å². The number of nitrogens with one attached hydrogen (secondary N) is 3. The number of aryl methyl sites for hydroxylation is 2. The van der Waals surface area contributed by atoms with E-state index in [4.69, 9.17) is 21.1 Å². The number of amides is 2. The first-order valence-electron chi connectivity index (χ1n) is 10.1. The van der Waals surface area contributed by atoms with E-state index in [0.29, 0.717) is 27.9 Å². The van der Waals surface area contributed by atoms with Crippen molar-refractivity contribution in [2.75, 3.05) is 24.9 Å². The van der Waals surface area contributed by atoms with Crippen molar-refractivity contribution in [1.82, 2.24) is 9.97 Å². The lowest BCUT2D eigenvalue weighted by Crippen LogP contribution is -2.20. The van der Waals surface area contributed by atoms with E-state index in [2.05, 4.69) is 20.6 Å². The van der Waals surface area contributed by atoms with Crippen LogP contribution in [0.2, 0.25) is 5.02 Å². The lowest BCUT2D eigenvalue weighted by atomic mass is 10.1. The number of methoxy groups -OCH3 is 2. The fourth-order valence-electron chi connectivity index (χ4n) is 3.43. The third-order valence-electron chi connectivity index (χ3n) is 5.00. The summed E-state index contributed by atoms with van der Waals surface area (Å²) in [6.07, 6.45) is 1.56. The van der Waals surface area contributed by atoms with Crippen LogP contribution < -0.4 is 20.1 Å². The topological polar surface area (TPSA) is 88.3 Å². The lowest BCUT2D eigenvalue weighted by Gasteiger charge is -2.14. The van der Waals surface area contributed by atoms with E-state index in [1.807, 2.05) is 48.5 Å². The molecule has 1 aromatic heterocycles. The fraction of sp³-hybridized carbons (Fsp3) is 0.167. The van der Waals surface area contributed by atoms with Gasteiger partial charge in [0.15, 0.2) is 0 Å². The zero-order valence-electron chi connectivity index (χ0n) is 17.7. The number of benzene rings is 3. The molecule has 0 fully saturated rings. The number of hydrogen-bond acceptors (Lipinski definition) is 4. The molecular weight excluding hydrogens is 428 g/mol. The number of fused-ring (bicyclic) bond motifs is 1. The van der Waals surface area contributed by atoms with E-state index in [1.165, 1.54) is 14.2 Å². The normalized spacial score (nSPS) is 10.7. The summed E-state index contributed by atoms with van der Waals surface area (Å²) in [7, 11) is 3.03. The second-order valence-electron chi connectivity index (χ2n) is 7.17. The highest BCUT2D eigenvalue weighted by molar-refractivity contribution is 6.32. The molecule has 3 aromatic carbocycles. The molecule has 4 rings (SSSR count). The summed E-state index contributed by atoms with van der Waals surface area (Å²) >= 11 is 6.17. The number of halogens is 1. The zero-order chi connectivity index (χ0) is 22.5. The molecule has 32 heavy (non-hydrogen) atoms. The maximum absolute atomic E-state index is 12.5. The van der Waals surface area contributed by atoms with Gasteiger partial charge in [-0.2, -0.15) is 0 Å². The van der Waals surface area contributed by atoms with Crippen LogP contribution in [0.5, 0.6) is 11.5 Å². The van der Waals surface area contributed by atoms with Crippen molar-refractivity contribution >= 4 is 40.0 Å². The minimum absolute atomic E-state index is 0.371. The van der Waals surface area contributed by atoms with Crippen LogP contribution in [-0.4, -0.2) is 30.2 Å². The number of ether oxygens (including phenoxy) is 2. The molecule has 0 saturated carbocycles. The van der Waals surface area contributed by atoms with Crippen molar-refractivity contribution in [2.24, 2.45) is 0 Å². The van der Waals surface area contributed by atoms with Crippen molar-refractivity contribution in [1.29, 1.82) is 0 Å². The molecule has 0 spiro atoms. The number of carbonyl (C=O) groups excluding carboxylic acids is 1. The summed E-state index contributed by atoms with van der Waals surface area (Å²) in [5.41, 5.74) is 4.21. The average Bonchev–Trinajstić information content (AvgIpc) is 3.21. The van der Waals surface area contributed by atoms with E-state index in [1.54, 1.807) is 12.1 Å². The van der Waals surface area contributed by atoms with Gasteiger partial charge in [0.05, 0.1) is 36.0 Å². The van der Waals surface area contributed by atoms with Gasteiger partial charge < -0.3 is 25.1 Å². The highest BCUT2D eigenvalue weighted by Crippen LogP contribution is 2.35. The Balaban J connectivity index is 1.40. The molecule has 0 bridgehead atoms. The smallest absolute Gasteiger partial charge is 0.323 e. The number of para-hydroxylation sites is 2. The molecule has 7 nitrogen and oxygen atoms in total. The first kappa shape index (κ1) is 21.5. The number of hydrogen-bond donors (Lipinski definition) is 3. The van der Waals surface area contributed by atoms with Crippen LogP contribution in [-0.2, 0) is 12.8 Å². The van der Waals surface area contributed by atoms with Crippen molar-refractivity contribution < 1.29 is 14.3 Å². The van der Waals surface area contributed by atoms with Crippen molar-refractivity contribution in [2.45, 2.75) is 12.8 Å². The molecule has 0 radical (unpaired) electrons. The number of nitrogens with zero attached hydrogens (tertiary/aromatic N) is 1. The number of imidazole rings is 1. The zero-order valence-corrected chi connectivity index (χ0v) is 18.5. The van der Waals surface area contributed by atoms with Crippen LogP contribution in [0.4, 0.5) is 16.2 Å². The van der Waals surface area contributed by atoms with Gasteiger partial charge in [0.25, 0.3) is 0 Å². The first-order chi connectivity index (χ1) is 15.6. The van der Waals surface area contributed by atoms with Crippen LogP contribution in [0.25, 0.3) is 11.0 Å². The van der Waals surface area contributed by atoms with Gasteiger partial charge in [-0.1, -0.05) is 35.9 Å². The Morgan fingerprint density at radius 2 is 1.78 bits per heavy atom. The molecular formula is C24H23ClN4O3. The highest BCUT2D eigenvalue weighted by atomic mass is 35.5. The van der Waals surface area contributed by atoms with Crippen LogP contribution in [0.1, 0.15) is 11.4 Å². The molecule has 2 amide bonds. The summed E-state index contributed by atoms with van der Waals surface area (Å²) < 4.78 is 10.5. The molecule has 1 heterocycles. The van der Waals surface area contributed by atoms with E-state index in [9.17, 15) is 4.79 Å². The quantitative estimate of drug-likeness (QED) is 0.339. The molecule has 3 N–H and O–H groups in total. The Labute approximate surface area is 190 Å². The monoisotopic (exact) mass is 450 g/mol. The maximum Gasteiger partial charge on any atom is 0.323 e. The number of aromatic amines is 1. The number of urea groups is 1. The Morgan fingerprint density at radius 1 is 0.969 bits per heavy atom. The van der Waals surface area contributed by atoms with Crippen molar-refractivity contribution in [3.63, 3.8) is 0 Å². The Hall–Kier alpha value is -3.71. The van der Waals surface area contributed by atoms with Crippen LogP contribution in [0.3, 0.4) is 0 Å². The fourth-order valence-corrected chi connectivity index (χ4v) is 3.67. The second-order valence-corrected chi connectivity index (χ2v) is 7.57. The van der Waals surface area contributed by atoms with Crippen LogP contribution in [0.15, 0.2) is 60.7 Å². The first-order valence-corrected chi connectivity index (χ1v) is 10.5. The van der Waals surface area contributed by atoms with E-state index < -0.39 is 6.03 Å². The van der Waals surface area contributed by atoms with Gasteiger partial charge in [-0.3, -0.25) is 0 Å². The predicted molar refractivity (Wildman–Crippen MR) is 127 cm³/mol. The number of aromatic nitrogens is 2. The molecule has 0 saturated heterocycles. The molecule has 0 aliphatic heterocycles. The SMILES string of the molecule is COc1cc(OC)c(NC(=O)Nc2cccc(CCc3nc4ccccc4[nH]3)c2)cc1Cl. The molecule has 164 valence electrons. The standard InChI is InChI=1S/C24H23ClN4O3/c1-31-21-14-22(32-2)20(13-17(21)25)29-24(30)26-16-7-5-6-15(12-16)10-11-23-27-18-8-3-4-9-19(18)28-23/h3-9,12-14H,10-11H2,1-2H3,(H,27,28)(H2,26,29,30). The van der Waals surface area contributed by atoms with Gasteiger partial charge in [0.2, 0.25) is 0 Å². The number of carbonyl (C=O) groups is 1. The molecule has 4 aromatic rings. The van der Waals surface area contributed by atoms with Crippen molar-refractivity contribution in [3.8, 4) is 11.5 Å². The van der Waals surface area contributed by atoms with E-state index in [0.717, 1.165) is 35.3 Å². The molecule has 0 aliphatic carbocycles. The number of H-pyrrole nitrogens is 1. The van der Waals surface area contributed by atoms with Gasteiger partial charge in [0.1, 0.15) is 17.3 Å². The van der Waals surface area contributed by atoms with E-state index in [-0.39, 0.29) is 0 Å². The largest absolute Gasteiger partial charge is 0.495 e. The van der Waals surface area contributed by atoms with E-state index >= 15 is 0 Å². The van der Waals surface area contributed by atoms with Gasteiger partial charge in [-0.15, -0.1) is 0 Å². The highest BCUT2D eigenvalue weighted by Gasteiger charge is 2.13. The third kappa shape index (κ3) is 4.95. The Morgan fingerprint density at radius 3 is 2.56 bits per heavy atom. The van der Waals surface area contributed by atoms with Crippen LogP contribution >= 0.6 is 11.6 Å². The number of anilines is 2. The Kier molecular flexibility index (Phi) is 6.47. The van der Waals surface area contributed by atoms with Gasteiger partial charge in [0, 0.05) is 18.2 Å². The third-order valence-corrected chi connectivity index (χ3v) is 5.29. The predicted octanol–water partition coefficient (Wildman–Crippen LogP) is 5.66. The van der Waals surface area contributed by atoms with Crippen LogP contribution in [0, 0.1) is 0 Å². The van der Waals surface area contributed by atoms with Gasteiger partial charge in [-0.25, -0.2) is 9.78 Å². The summed E-state index contributed by atoms with van der Waals surface area (Å²) in [4.78, 5) is 20.5. The molecule has 0 unspecified atom stereocenters. The minimum atomic E-state index is -0.404. The lowest BCUT2D eigenvalue weighted by molar-refractivity contribution is 0.262. The maximum atomic E-state index is 12.5. The minimum Gasteiger partial charge on any atom is -0.495 e. The summed E-state index contributed by atoms with van der Waals surface area (Å²) in [5, 5.41) is 5.98. The summed E-state index contributed by atoms with van der Waals surface area (Å²) in [6, 6.07) is 18.5. The Bertz CT molecular complexity index is 1220. The second kappa shape index (κ2) is 9.62. The molecule has 0 aliphatic rings. The summed E-state index contributed by atoms with van der Waals surface area (Å²) in [6.45, 7) is 0. The molecule has 8 heteroatoms.